The summed E-state index contributed by atoms with van der Waals surface area (Å²) in [5, 5.41) is 9.53. The summed E-state index contributed by atoms with van der Waals surface area (Å²) < 4.78 is 1.03. The number of thiophene rings is 1. The van der Waals surface area contributed by atoms with Crippen LogP contribution < -0.4 is 0 Å². The van der Waals surface area contributed by atoms with Crippen molar-refractivity contribution < 1.29 is 0 Å². The highest BCUT2D eigenvalue weighted by Gasteiger charge is 2.15. The fraction of sp³-hybridized carbons (Fsp3) is 0.182. The van der Waals surface area contributed by atoms with Gasteiger partial charge in [-0.15, -0.1) is 11.3 Å². The lowest BCUT2D eigenvalue weighted by Gasteiger charge is -1.99. The molecule has 0 radical (unpaired) electrons. The Labute approximate surface area is 107 Å². The van der Waals surface area contributed by atoms with E-state index < -0.39 is 0 Å². The van der Waals surface area contributed by atoms with E-state index in [0.717, 1.165) is 32.7 Å². The maximum atomic E-state index is 5.85. The summed E-state index contributed by atoms with van der Waals surface area (Å²) in [5.74, 6) is 0. The second-order valence-corrected chi connectivity index (χ2v) is 5.06. The lowest BCUT2D eigenvalue weighted by Crippen LogP contribution is -1.85. The highest BCUT2D eigenvalue weighted by atomic mass is 35.5. The Bertz CT molecular complexity index is 681. The fourth-order valence-corrected chi connectivity index (χ4v) is 2.92. The van der Waals surface area contributed by atoms with E-state index in [9.17, 15) is 0 Å². The number of aryl methyl sites for hydroxylation is 2. The Morgan fingerprint density at radius 1 is 1.35 bits per heavy atom. The van der Waals surface area contributed by atoms with Gasteiger partial charge < -0.3 is 0 Å². The summed E-state index contributed by atoms with van der Waals surface area (Å²) in [6, 6.07) is 0. The number of H-pyrrole nitrogens is 1. The molecule has 3 aromatic heterocycles. The van der Waals surface area contributed by atoms with Gasteiger partial charge in [0.25, 0.3) is 0 Å². The normalized spacial score (nSPS) is 11.2. The molecule has 0 unspecified atom stereocenters. The van der Waals surface area contributed by atoms with Crippen LogP contribution >= 0.6 is 22.9 Å². The molecule has 0 aliphatic rings. The van der Waals surface area contributed by atoms with Crippen molar-refractivity contribution in [3.8, 4) is 11.1 Å². The minimum Gasteiger partial charge on any atom is -0.282 e. The number of fused-ring (bicyclic) bond motifs is 1. The van der Waals surface area contributed by atoms with Gasteiger partial charge >= 0.3 is 0 Å². The first-order valence-electron chi connectivity index (χ1n) is 5.08. The molecule has 0 saturated heterocycles. The zero-order chi connectivity index (χ0) is 12.0. The van der Waals surface area contributed by atoms with Crippen molar-refractivity contribution in [2.24, 2.45) is 0 Å². The predicted molar refractivity (Wildman–Crippen MR) is 69.5 cm³/mol. The Balaban J connectivity index is 2.35. The van der Waals surface area contributed by atoms with Gasteiger partial charge in [-0.05, 0) is 25.4 Å². The van der Waals surface area contributed by atoms with Crippen LogP contribution in [0.2, 0.25) is 5.28 Å². The molecule has 0 spiro atoms. The first kappa shape index (κ1) is 10.7. The van der Waals surface area contributed by atoms with Gasteiger partial charge in [-0.25, -0.2) is 9.97 Å². The van der Waals surface area contributed by atoms with Gasteiger partial charge in [-0.1, -0.05) is 0 Å². The number of nitrogens with zero attached hydrogens (tertiary/aromatic N) is 3. The molecule has 1 N–H and O–H groups in total. The molecule has 0 bridgehead atoms. The van der Waals surface area contributed by atoms with Crippen molar-refractivity contribution >= 4 is 33.2 Å². The molecule has 3 rings (SSSR count). The molecule has 0 amide bonds. The summed E-state index contributed by atoms with van der Waals surface area (Å²) in [5.41, 5.74) is 5.07. The minimum absolute atomic E-state index is 0.274. The molecule has 0 fully saturated rings. The first-order valence-corrected chi connectivity index (χ1v) is 6.34. The standard InChI is InChI=1S/C11H9ClN4S/c1-5-9(6(2)16-15-5)7-4-17-8-3-13-11(12)14-10(7)8/h3-4H,1-2H3,(H,15,16). The largest absolute Gasteiger partial charge is 0.282 e. The number of aromatic amines is 1. The van der Waals surface area contributed by atoms with Crippen LogP contribution in [0.25, 0.3) is 21.3 Å². The van der Waals surface area contributed by atoms with Crippen LogP contribution in [0, 0.1) is 13.8 Å². The van der Waals surface area contributed by atoms with Gasteiger partial charge in [-0.2, -0.15) is 5.10 Å². The molecule has 0 saturated carbocycles. The summed E-state index contributed by atoms with van der Waals surface area (Å²) in [4.78, 5) is 8.28. The predicted octanol–water partition coefficient (Wildman–Crippen LogP) is 3.35. The lowest BCUT2D eigenvalue weighted by atomic mass is 10.1. The Morgan fingerprint density at radius 3 is 2.88 bits per heavy atom. The maximum absolute atomic E-state index is 5.85. The molecular weight excluding hydrogens is 256 g/mol. The lowest BCUT2D eigenvalue weighted by molar-refractivity contribution is 1.02. The molecule has 3 heterocycles. The summed E-state index contributed by atoms with van der Waals surface area (Å²) in [7, 11) is 0. The molecule has 6 heteroatoms. The zero-order valence-corrected chi connectivity index (χ0v) is 10.9. The summed E-state index contributed by atoms with van der Waals surface area (Å²) in [6.45, 7) is 3.98. The van der Waals surface area contributed by atoms with E-state index in [0.29, 0.717) is 0 Å². The molecule has 0 aromatic carbocycles. The topological polar surface area (TPSA) is 54.5 Å². The number of halogens is 1. The van der Waals surface area contributed by atoms with Gasteiger partial charge in [0.2, 0.25) is 5.28 Å². The highest BCUT2D eigenvalue weighted by molar-refractivity contribution is 7.17. The molecular formula is C11H9ClN4S. The van der Waals surface area contributed by atoms with E-state index in [2.05, 4.69) is 25.5 Å². The zero-order valence-electron chi connectivity index (χ0n) is 9.28. The van der Waals surface area contributed by atoms with Crippen LogP contribution in [0.4, 0.5) is 0 Å². The molecule has 4 nitrogen and oxygen atoms in total. The number of aromatic nitrogens is 4. The van der Waals surface area contributed by atoms with Crippen molar-refractivity contribution in [1.82, 2.24) is 20.2 Å². The third-order valence-electron chi connectivity index (χ3n) is 2.68. The molecule has 0 atom stereocenters. The van der Waals surface area contributed by atoms with Crippen molar-refractivity contribution in [2.45, 2.75) is 13.8 Å². The third kappa shape index (κ3) is 1.62. The van der Waals surface area contributed by atoms with Gasteiger partial charge in [-0.3, -0.25) is 5.10 Å². The van der Waals surface area contributed by atoms with Crippen LogP contribution in [0.5, 0.6) is 0 Å². The van der Waals surface area contributed by atoms with E-state index in [1.165, 1.54) is 0 Å². The van der Waals surface area contributed by atoms with E-state index >= 15 is 0 Å². The summed E-state index contributed by atoms with van der Waals surface area (Å²) >= 11 is 7.46. The van der Waals surface area contributed by atoms with Crippen LogP contribution in [0.15, 0.2) is 11.6 Å². The second-order valence-electron chi connectivity index (χ2n) is 3.81. The smallest absolute Gasteiger partial charge is 0.222 e. The number of nitrogens with one attached hydrogen (secondary N) is 1. The van der Waals surface area contributed by atoms with Crippen LogP contribution in [-0.2, 0) is 0 Å². The molecule has 0 aliphatic heterocycles. The second kappa shape index (κ2) is 3.78. The molecule has 3 aromatic rings. The van der Waals surface area contributed by atoms with Crippen molar-refractivity contribution in [3.05, 3.63) is 28.2 Å². The first-order chi connectivity index (χ1) is 8.16. The van der Waals surface area contributed by atoms with E-state index in [-0.39, 0.29) is 5.28 Å². The number of hydrogen-bond acceptors (Lipinski definition) is 4. The molecule has 0 aliphatic carbocycles. The third-order valence-corrected chi connectivity index (χ3v) is 3.77. The van der Waals surface area contributed by atoms with Crippen molar-refractivity contribution in [1.29, 1.82) is 0 Å². The van der Waals surface area contributed by atoms with E-state index in [1.807, 2.05) is 13.8 Å². The molecule has 86 valence electrons. The van der Waals surface area contributed by atoms with Gasteiger partial charge in [0, 0.05) is 28.4 Å². The Morgan fingerprint density at radius 2 is 2.18 bits per heavy atom. The molecule has 17 heavy (non-hydrogen) atoms. The van der Waals surface area contributed by atoms with Gasteiger partial charge in [0.15, 0.2) is 0 Å². The monoisotopic (exact) mass is 264 g/mol. The number of rotatable bonds is 1. The van der Waals surface area contributed by atoms with Gasteiger partial charge in [0.05, 0.1) is 15.9 Å². The highest BCUT2D eigenvalue weighted by Crippen LogP contribution is 2.35. The minimum atomic E-state index is 0.274. The van der Waals surface area contributed by atoms with E-state index in [4.69, 9.17) is 11.6 Å². The Kier molecular flexibility index (Phi) is 2.38. The fourth-order valence-electron chi connectivity index (χ4n) is 1.93. The SMILES string of the molecule is Cc1n[nH]c(C)c1-c1csc2cnc(Cl)nc12. The van der Waals surface area contributed by atoms with E-state index in [1.54, 1.807) is 17.5 Å². The average molecular weight is 265 g/mol. The summed E-state index contributed by atoms with van der Waals surface area (Å²) in [6.07, 6.45) is 1.75. The maximum Gasteiger partial charge on any atom is 0.222 e. The van der Waals surface area contributed by atoms with Crippen molar-refractivity contribution in [2.75, 3.05) is 0 Å². The van der Waals surface area contributed by atoms with Gasteiger partial charge in [0.1, 0.15) is 0 Å². The quantitative estimate of drug-likeness (QED) is 0.686. The average Bonchev–Trinajstić information content (AvgIpc) is 2.83. The van der Waals surface area contributed by atoms with Crippen LogP contribution in [0.1, 0.15) is 11.4 Å². The Hall–Kier alpha value is -1.46. The van der Waals surface area contributed by atoms with Crippen molar-refractivity contribution in [3.63, 3.8) is 0 Å². The van der Waals surface area contributed by atoms with Crippen LogP contribution in [0.3, 0.4) is 0 Å². The van der Waals surface area contributed by atoms with Crippen LogP contribution in [-0.4, -0.2) is 20.2 Å². The number of hydrogen-bond donors (Lipinski definition) is 1.